The van der Waals surface area contributed by atoms with Crippen LogP contribution in [0.1, 0.15) is 44.1 Å². The minimum Gasteiger partial charge on any atom is -0.360 e. The standard InChI is InChI=1S/C12H20N2O/c1-9-7-12(15-14-9)8-13-10(2)11-5-3-4-6-11/h7,10-11,13H,3-6,8H2,1-2H3. The van der Waals surface area contributed by atoms with Crippen molar-refractivity contribution in [1.82, 2.24) is 10.5 Å². The van der Waals surface area contributed by atoms with Crippen molar-refractivity contribution in [3.05, 3.63) is 17.5 Å². The molecule has 1 aromatic rings. The first-order chi connectivity index (χ1) is 7.25. The molecule has 1 saturated carbocycles. The van der Waals surface area contributed by atoms with Gasteiger partial charge in [-0.2, -0.15) is 0 Å². The van der Waals surface area contributed by atoms with Crippen molar-refractivity contribution < 1.29 is 4.52 Å². The number of rotatable bonds is 4. The lowest BCUT2D eigenvalue weighted by atomic mass is 10.00. The van der Waals surface area contributed by atoms with Crippen LogP contribution in [0.15, 0.2) is 10.6 Å². The van der Waals surface area contributed by atoms with Crippen molar-refractivity contribution >= 4 is 0 Å². The number of hydrogen-bond donors (Lipinski definition) is 1. The zero-order chi connectivity index (χ0) is 10.7. The van der Waals surface area contributed by atoms with Gasteiger partial charge in [0, 0.05) is 12.1 Å². The Balaban J connectivity index is 1.77. The molecule has 0 aromatic carbocycles. The van der Waals surface area contributed by atoms with Crippen molar-refractivity contribution in [3.8, 4) is 0 Å². The van der Waals surface area contributed by atoms with Gasteiger partial charge < -0.3 is 9.84 Å². The monoisotopic (exact) mass is 208 g/mol. The summed E-state index contributed by atoms with van der Waals surface area (Å²) in [6.45, 7) is 5.03. The molecule has 15 heavy (non-hydrogen) atoms. The molecule has 84 valence electrons. The molecule has 0 aliphatic heterocycles. The van der Waals surface area contributed by atoms with Gasteiger partial charge in [-0.1, -0.05) is 18.0 Å². The molecule has 3 nitrogen and oxygen atoms in total. The molecule has 0 amide bonds. The molecule has 3 heteroatoms. The van der Waals surface area contributed by atoms with Crippen LogP contribution in [0.3, 0.4) is 0 Å². The Labute approximate surface area is 91.2 Å². The SMILES string of the molecule is Cc1cc(CNC(C)C2CCCC2)on1. The molecule has 0 spiro atoms. The number of hydrogen-bond acceptors (Lipinski definition) is 3. The first kappa shape index (κ1) is 10.7. The fourth-order valence-electron chi connectivity index (χ4n) is 2.39. The Kier molecular flexibility index (Phi) is 3.41. The van der Waals surface area contributed by atoms with Gasteiger partial charge >= 0.3 is 0 Å². The summed E-state index contributed by atoms with van der Waals surface area (Å²) in [4.78, 5) is 0. The van der Waals surface area contributed by atoms with Crippen LogP contribution in [-0.4, -0.2) is 11.2 Å². The molecule has 1 atom stereocenters. The van der Waals surface area contributed by atoms with Crippen LogP contribution in [0, 0.1) is 12.8 Å². The summed E-state index contributed by atoms with van der Waals surface area (Å²) in [6, 6.07) is 2.59. The molecule has 1 unspecified atom stereocenters. The van der Waals surface area contributed by atoms with Gasteiger partial charge in [-0.25, -0.2) is 0 Å². The van der Waals surface area contributed by atoms with E-state index in [1.807, 2.05) is 13.0 Å². The maximum atomic E-state index is 5.16. The lowest BCUT2D eigenvalue weighted by Gasteiger charge is -2.19. The Morgan fingerprint density at radius 1 is 1.53 bits per heavy atom. The largest absolute Gasteiger partial charge is 0.360 e. The number of nitrogens with one attached hydrogen (secondary N) is 1. The second kappa shape index (κ2) is 4.79. The van der Waals surface area contributed by atoms with E-state index in [9.17, 15) is 0 Å². The molecule has 2 rings (SSSR count). The highest BCUT2D eigenvalue weighted by molar-refractivity contribution is 5.02. The summed E-state index contributed by atoms with van der Waals surface area (Å²) in [5.41, 5.74) is 0.959. The van der Waals surface area contributed by atoms with Gasteiger partial charge in [0.1, 0.15) is 0 Å². The van der Waals surface area contributed by atoms with E-state index < -0.39 is 0 Å². The predicted molar refractivity (Wildman–Crippen MR) is 59.5 cm³/mol. The topological polar surface area (TPSA) is 38.1 Å². The highest BCUT2D eigenvalue weighted by Gasteiger charge is 2.21. The van der Waals surface area contributed by atoms with E-state index in [1.165, 1.54) is 25.7 Å². The minimum atomic E-state index is 0.595. The summed E-state index contributed by atoms with van der Waals surface area (Å²) < 4.78 is 5.16. The number of nitrogens with zero attached hydrogens (tertiary/aromatic N) is 1. The summed E-state index contributed by atoms with van der Waals surface area (Å²) in [5, 5.41) is 7.40. The van der Waals surface area contributed by atoms with E-state index in [1.54, 1.807) is 0 Å². The normalized spacial score (nSPS) is 19.6. The molecule has 0 radical (unpaired) electrons. The Morgan fingerprint density at radius 2 is 2.27 bits per heavy atom. The van der Waals surface area contributed by atoms with Gasteiger partial charge in [0.25, 0.3) is 0 Å². The Hall–Kier alpha value is -0.830. The molecular formula is C12H20N2O. The quantitative estimate of drug-likeness (QED) is 0.826. The van der Waals surface area contributed by atoms with Crippen LogP contribution in [0.25, 0.3) is 0 Å². The van der Waals surface area contributed by atoms with E-state index in [0.717, 1.165) is 23.9 Å². The molecule has 1 N–H and O–H groups in total. The summed E-state index contributed by atoms with van der Waals surface area (Å²) in [7, 11) is 0. The van der Waals surface area contributed by atoms with Crippen molar-refractivity contribution in [1.29, 1.82) is 0 Å². The van der Waals surface area contributed by atoms with Crippen LogP contribution in [-0.2, 0) is 6.54 Å². The number of aromatic nitrogens is 1. The predicted octanol–water partition coefficient (Wildman–Crippen LogP) is 2.65. The van der Waals surface area contributed by atoms with Crippen molar-refractivity contribution in [2.45, 2.75) is 52.1 Å². The Morgan fingerprint density at radius 3 is 2.87 bits per heavy atom. The fraction of sp³-hybridized carbons (Fsp3) is 0.750. The first-order valence-electron chi connectivity index (χ1n) is 5.91. The third-order valence-electron chi connectivity index (χ3n) is 3.38. The lowest BCUT2D eigenvalue weighted by Crippen LogP contribution is -2.31. The van der Waals surface area contributed by atoms with Crippen LogP contribution in [0.5, 0.6) is 0 Å². The maximum absolute atomic E-state index is 5.16. The highest BCUT2D eigenvalue weighted by atomic mass is 16.5. The fourth-order valence-corrected chi connectivity index (χ4v) is 2.39. The van der Waals surface area contributed by atoms with Crippen molar-refractivity contribution in [2.24, 2.45) is 5.92 Å². The molecule has 1 aromatic heterocycles. The van der Waals surface area contributed by atoms with E-state index in [4.69, 9.17) is 4.52 Å². The zero-order valence-electron chi connectivity index (χ0n) is 9.62. The third-order valence-corrected chi connectivity index (χ3v) is 3.38. The summed E-state index contributed by atoms with van der Waals surface area (Å²) >= 11 is 0. The average Bonchev–Trinajstić information content (AvgIpc) is 2.84. The summed E-state index contributed by atoms with van der Waals surface area (Å²) in [5.74, 6) is 1.80. The second-order valence-corrected chi connectivity index (χ2v) is 4.65. The maximum Gasteiger partial charge on any atom is 0.150 e. The molecule has 0 bridgehead atoms. The van der Waals surface area contributed by atoms with Crippen molar-refractivity contribution in [3.63, 3.8) is 0 Å². The Bertz CT molecular complexity index is 302. The van der Waals surface area contributed by atoms with E-state index in [-0.39, 0.29) is 0 Å². The van der Waals surface area contributed by atoms with Crippen LogP contribution in [0.4, 0.5) is 0 Å². The lowest BCUT2D eigenvalue weighted by molar-refractivity contribution is 0.333. The molecule has 1 fully saturated rings. The van der Waals surface area contributed by atoms with Gasteiger partial charge in [-0.05, 0) is 32.6 Å². The van der Waals surface area contributed by atoms with Crippen LogP contribution < -0.4 is 5.32 Å². The third kappa shape index (κ3) is 2.81. The second-order valence-electron chi connectivity index (χ2n) is 4.65. The van der Waals surface area contributed by atoms with Crippen LogP contribution >= 0.6 is 0 Å². The van der Waals surface area contributed by atoms with Gasteiger partial charge in [0.2, 0.25) is 0 Å². The van der Waals surface area contributed by atoms with Gasteiger partial charge in [-0.3, -0.25) is 0 Å². The summed E-state index contributed by atoms with van der Waals surface area (Å²) in [6.07, 6.45) is 5.56. The van der Waals surface area contributed by atoms with E-state index >= 15 is 0 Å². The van der Waals surface area contributed by atoms with Gasteiger partial charge in [-0.15, -0.1) is 0 Å². The van der Waals surface area contributed by atoms with E-state index in [0.29, 0.717) is 6.04 Å². The molecule has 0 saturated heterocycles. The zero-order valence-corrected chi connectivity index (χ0v) is 9.62. The smallest absolute Gasteiger partial charge is 0.150 e. The van der Waals surface area contributed by atoms with Gasteiger partial charge in [0.15, 0.2) is 5.76 Å². The van der Waals surface area contributed by atoms with E-state index in [2.05, 4.69) is 17.4 Å². The molecular weight excluding hydrogens is 188 g/mol. The minimum absolute atomic E-state index is 0.595. The average molecular weight is 208 g/mol. The molecule has 1 aliphatic carbocycles. The first-order valence-corrected chi connectivity index (χ1v) is 5.91. The molecule has 1 aliphatic rings. The molecule has 1 heterocycles. The van der Waals surface area contributed by atoms with Gasteiger partial charge in [0.05, 0.1) is 12.2 Å². The van der Waals surface area contributed by atoms with Crippen molar-refractivity contribution in [2.75, 3.05) is 0 Å². The number of aryl methyl sites for hydroxylation is 1. The highest BCUT2D eigenvalue weighted by Crippen LogP contribution is 2.27. The van der Waals surface area contributed by atoms with Crippen LogP contribution in [0.2, 0.25) is 0 Å².